The summed E-state index contributed by atoms with van der Waals surface area (Å²) in [6.07, 6.45) is 0. The van der Waals surface area contributed by atoms with Gasteiger partial charge in [-0.3, -0.25) is 0 Å². The Morgan fingerprint density at radius 1 is 1.18 bits per heavy atom. The fourth-order valence-corrected chi connectivity index (χ4v) is 1.91. The molecule has 0 aromatic heterocycles. The van der Waals surface area contributed by atoms with Gasteiger partial charge >= 0.3 is 0 Å². The van der Waals surface area contributed by atoms with Gasteiger partial charge in [0, 0.05) is 4.47 Å². The van der Waals surface area contributed by atoms with Crippen LogP contribution in [-0.2, 0) is 6.61 Å². The molecule has 2 nitrogen and oxygen atoms in total. The first-order valence-corrected chi connectivity index (χ1v) is 6.18. The highest BCUT2D eigenvalue weighted by Crippen LogP contribution is 2.28. The van der Waals surface area contributed by atoms with E-state index in [1.165, 1.54) is 0 Å². The van der Waals surface area contributed by atoms with Gasteiger partial charge in [0.15, 0.2) is 0 Å². The monoisotopic (exact) mass is 312 g/mol. The maximum Gasteiger partial charge on any atom is 0.139 e. The summed E-state index contributed by atoms with van der Waals surface area (Å²) in [5.41, 5.74) is 0.890. The number of aromatic hydroxyl groups is 1. The molecule has 17 heavy (non-hydrogen) atoms. The van der Waals surface area contributed by atoms with Crippen LogP contribution < -0.4 is 4.74 Å². The first-order valence-electron chi connectivity index (χ1n) is 5.01. The molecule has 0 unspecified atom stereocenters. The molecule has 2 rings (SSSR count). The topological polar surface area (TPSA) is 29.5 Å². The van der Waals surface area contributed by atoms with E-state index in [2.05, 4.69) is 15.9 Å². The number of benzene rings is 2. The summed E-state index contributed by atoms with van der Waals surface area (Å²) in [6.45, 7) is 0.366. The molecule has 4 heteroatoms. The maximum absolute atomic E-state index is 9.32. The van der Waals surface area contributed by atoms with Gasteiger partial charge in [-0.15, -0.1) is 0 Å². The van der Waals surface area contributed by atoms with Crippen LogP contribution in [0.5, 0.6) is 11.5 Å². The highest BCUT2D eigenvalue weighted by molar-refractivity contribution is 9.10. The maximum atomic E-state index is 9.32. The van der Waals surface area contributed by atoms with Crippen LogP contribution in [0.1, 0.15) is 5.56 Å². The summed E-state index contributed by atoms with van der Waals surface area (Å²) < 4.78 is 6.50. The van der Waals surface area contributed by atoms with Crippen LogP contribution in [0.4, 0.5) is 0 Å². The highest BCUT2D eigenvalue weighted by atomic mass is 79.9. The minimum atomic E-state index is 0.228. The smallest absolute Gasteiger partial charge is 0.139 e. The van der Waals surface area contributed by atoms with Crippen LogP contribution in [0, 0.1) is 0 Å². The third-order valence-corrected chi connectivity index (χ3v) is 3.00. The third-order valence-electron chi connectivity index (χ3n) is 2.20. The minimum absolute atomic E-state index is 0.228. The van der Waals surface area contributed by atoms with E-state index in [-0.39, 0.29) is 5.75 Å². The molecule has 0 aliphatic heterocycles. The molecule has 0 radical (unpaired) electrons. The molecule has 2 aromatic rings. The van der Waals surface area contributed by atoms with Crippen molar-refractivity contribution in [1.82, 2.24) is 0 Å². The van der Waals surface area contributed by atoms with Crippen molar-refractivity contribution < 1.29 is 9.84 Å². The molecule has 0 fully saturated rings. The first-order chi connectivity index (χ1) is 8.15. The van der Waals surface area contributed by atoms with Gasteiger partial charge < -0.3 is 9.84 Å². The molecule has 1 N–H and O–H groups in total. The lowest BCUT2D eigenvalue weighted by Gasteiger charge is -2.08. The number of hydrogen-bond donors (Lipinski definition) is 1. The van der Waals surface area contributed by atoms with Crippen molar-refractivity contribution in [3.05, 3.63) is 57.5 Å². The van der Waals surface area contributed by atoms with Gasteiger partial charge in [-0.05, 0) is 35.9 Å². The minimum Gasteiger partial charge on any atom is -0.508 e. The fourth-order valence-electron chi connectivity index (χ4n) is 1.40. The number of phenolic OH excluding ortho intramolecular Hbond substituents is 1. The Hall–Kier alpha value is -1.19. The Kier molecular flexibility index (Phi) is 3.92. The van der Waals surface area contributed by atoms with Crippen molar-refractivity contribution in [2.75, 3.05) is 0 Å². The zero-order valence-electron chi connectivity index (χ0n) is 8.86. The molecule has 0 aliphatic carbocycles. The standard InChI is InChI=1S/C13H10BrClO2/c14-10-4-5-12(15)13(7-10)17-8-9-2-1-3-11(16)6-9/h1-7,16H,8H2. The number of ether oxygens (including phenoxy) is 1. The third kappa shape index (κ3) is 3.38. The van der Waals surface area contributed by atoms with Crippen molar-refractivity contribution in [1.29, 1.82) is 0 Å². The van der Waals surface area contributed by atoms with Gasteiger partial charge in [-0.2, -0.15) is 0 Å². The number of hydrogen-bond acceptors (Lipinski definition) is 2. The number of halogens is 2. The van der Waals surface area contributed by atoms with Crippen LogP contribution in [0.2, 0.25) is 5.02 Å². The second kappa shape index (κ2) is 5.43. The van der Waals surface area contributed by atoms with E-state index in [4.69, 9.17) is 16.3 Å². The van der Waals surface area contributed by atoms with Gasteiger partial charge in [0.2, 0.25) is 0 Å². The highest BCUT2D eigenvalue weighted by Gasteiger charge is 2.03. The lowest BCUT2D eigenvalue weighted by Crippen LogP contribution is -1.95. The zero-order chi connectivity index (χ0) is 12.3. The lowest BCUT2D eigenvalue weighted by molar-refractivity contribution is 0.305. The van der Waals surface area contributed by atoms with Gasteiger partial charge in [-0.25, -0.2) is 0 Å². The van der Waals surface area contributed by atoms with Gasteiger partial charge in [0.1, 0.15) is 18.1 Å². The lowest BCUT2D eigenvalue weighted by atomic mass is 10.2. The zero-order valence-corrected chi connectivity index (χ0v) is 11.2. The molecule has 2 aromatic carbocycles. The van der Waals surface area contributed by atoms with Crippen LogP contribution in [0.25, 0.3) is 0 Å². The second-order valence-electron chi connectivity index (χ2n) is 3.53. The molecule has 0 bridgehead atoms. The molecular weight excluding hydrogens is 303 g/mol. The Morgan fingerprint density at radius 2 is 2.00 bits per heavy atom. The number of phenols is 1. The Bertz CT molecular complexity index is 529. The molecule has 0 spiro atoms. The van der Waals surface area contributed by atoms with E-state index in [0.717, 1.165) is 10.0 Å². The molecule has 0 heterocycles. The molecule has 0 aliphatic rings. The van der Waals surface area contributed by atoms with E-state index < -0.39 is 0 Å². The van der Waals surface area contributed by atoms with Crippen molar-refractivity contribution in [2.24, 2.45) is 0 Å². The van der Waals surface area contributed by atoms with Gasteiger partial charge in [0.05, 0.1) is 5.02 Å². The van der Waals surface area contributed by atoms with E-state index in [0.29, 0.717) is 17.4 Å². The van der Waals surface area contributed by atoms with Crippen molar-refractivity contribution in [3.63, 3.8) is 0 Å². The summed E-state index contributed by atoms with van der Waals surface area (Å²) in [7, 11) is 0. The molecule has 0 amide bonds. The second-order valence-corrected chi connectivity index (χ2v) is 4.86. The predicted octanol–water partition coefficient (Wildman–Crippen LogP) is 4.39. The van der Waals surface area contributed by atoms with Crippen LogP contribution in [0.3, 0.4) is 0 Å². The molecule has 0 saturated carbocycles. The van der Waals surface area contributed by atoms with Gasteiger partial charge in [0.25, 0.3) is 0 Å². The fraction of sp³-hybridized carbons (Fsp3) is 0.0769. The van der Waals surface area contributed by atoms with E-state index >= 15 is 0 Å². The average molecular weight is 314 g/mol. The SMILES string of the molecule is Oc1cccc(COc2cc(Br)ccc2Cl)c1. The molecule has 88 valence electrons. The summed E-state index contributed by atoms with van der Waals surface area (Å²) in [5.74, 6) is 0.843. The normalized spacial score (nSPS) is 10.2. The summed E-state index contributed by atoms with van der Waals surface area (Å²) in [4.78, 5) is 0. The van der Waals surface area contributed by atoms with Crippen LogP contribution >= 0.6 is 27.5 Å². The van der Waals surface area contributed by atoms with E-state index in [9.17, 15) is 5.11 Å². The van der Waals surface area contributed by atoms with Crippen LogP contribution in [0.15, 0.2) is 46.9 Å². The first kappa shape index (κ1) is 12.3. The van der Waals surface area contributed by atoms with Crippen LogP contribution in [-0.4, -0.2) is 5.11 Å². The molecule has 0 saturated heterocycles. The largest absolute Gasteiger partial charge is 0.508 e. The van der Waals surface area contributed by atoms with E-state index in [1.54, 1.807) is 24.3 Å². The summed E-state index contributed by atoms with van der Waals surface area (Å²) in [6, 6.07) is 12.4. The molecular formula is C13H10BrClO2. The quantitative estimate of drug-likeness (QED) is 0.911. The predicted molar refractivity (Wildman–Crippen MR) is 71.6 cm³/mol. The molecule has 0 atom stereocenters. The van der Waals surface area contributed by atoms with Crippen molar-refractivity contribution in [3.8, 4) is 11.5 Å². The Labute approximate surface area is 113 Å². The Morgan fingerprint density at radius 3 is 2.76 bits per heavy atom. The Balaban J connectivity index is 2.09. The number of rotatable bonds is 3. The van der Waals surface area contributed by atoms with Crippen molar-refractivity contribution in [2.45, 2.75) is 6.61 Å². The van der Waals surface area contributed by atoms with Crippen molar-refractivity contribution >= 4 is 27.5 Å². The van der Waals surface area contributed by atoms with E-state index in [1.807, 2.05) is 18.2 Å². The summed E-state index contributed by atoms with van der Waals surface area (Å²) in [5, 5.41) is 9.88. The average Bonchev–Trinajstić information content (AvgIpc) is 2.30. The van der Waals surface area contributed by atoms with Gasteiger partial charge in [-0.1, -0.05) is 39.7 Å². The summed E-state index contributed by atoms with van der Waals surface area (Å²) >= 11 is 9.35.